The summed E-state index contributed by atoms with van der Waals surface area (Å²) >= 11 is 0. The minimum absolute atomic E-state index is 0.241. The Labute approximate surface area is 125 Å². The molecule has 1 aromatic carbocycles. The van der Waals surface area contributed by atoms with E-state index in [0.29, 0.717) is 0 Å². The maximum atomic E-state index is 4.87. The molecule has 0 amide bonds. The standard InChI is InChI=1S/C18H27NSi/c1-15(2)13-17(16-11-9-8-10-12-16)14-19-20(6,7)18(3,4)5/h8-12H,1,13H2,2-7H3. The van der Waals surface area contributed by atoms with Gasteiger partial charge in [0.05, 0.1) is 0 Å². The average molecular weight is 286 g/mol. The lowest BCUT2D eigenvalue weighted by Gasteiger charge is -2.31. The van der Waals surface area contributed by atoms with Gasteiger partial charge in [-0.25, -0.2) is 0 Å². The number of hydrogen-bond acceptors (Lipinski definition) is 1. The highest BCUT2D eigenvalue weighted by Gasteiger charge is 2.35. The van der Waals surface area contributed by atoms with Gasteiger partial charge in [0.1, 0.15) is 0 Å². The highest BCUT2D eigenvalue weighted by molar-refractivity contribution is 6.79. The van der Waals surface area contributed by atoms with Crippen LogP contribution < -0.4 is 0 Å². The van der Waals surface area contributed by atoms with E-state index in [9.17, 15) is 0 Å². The maximum absolute atomic E-state index is 4.87. The van der Waals surface area contributed by atoms with Gasteiger partial charge < -0.3 is 0 Å². The Morgan fingerprint density at radius 1 is 1.20 bits per heavy atom. The molecular weight excluding hydrogens is 258 g/mol. The molecule has 1 rings (SSSR count). The molecule has 0 heterocycles. The van der Waals surface area contributed by atoms with Crippen LogP contribution in [-0.2, 0) is 0 Å². The van der Waals surface area contributed by atoms with Crippen molar-refractivity contribution in [3.8, 4) is 0 Å². The predicted molar refractivity (Wildman–Crippen MR) is 93.9 cm³/mol. The molecule has 20 heavy (non-hydrogen) atoms. The Morgan fingerprint density at radius 2 is 1.75 bits per heavy atom. The SMILES string of the molecule is C=C(C)CC(=C=N[Si](C)(C)C(C)(C)C)c1ccccc1. The maximum Gasteiger partial charge on any atom is 0.193 e. The monoisotopic (exact) mass is 285 g/mol. The second-order valence-corrected chi connectivity index (χ2v) is 11.9. The van der Waals surface area contributed by atoms with E-state index >= 15 is 0 Å². The van der Waals surface area contributed by atoms with Gasteiger partial charge in [-0.05, 0) is 36.5 Å². The Hall–Kier alpha value is -1.37. The summed E-state index contributed by atoms with van der Waals surface area (Å²) in [5.74, 6) is 3.36. The van der Waals surface area contributed by atoms with Gasteiger partial charge in [0, 0.05) is 12.0 Å². The summed E-state index contributed by atoms with van der Waals surface area (Å²) in [6, 6.07) is 10.4. The van der Waals surface area contributed by atoms with E-state index in [1.165, 1.54) is 5.56 Å². The van der Waals surface area contributed by atoms with Gasteiger partial charge in [-0.1, -0.05) is 63.3 Å². The highest BCUT2D eigenvalue weighted by Crippen LogP contribution is 2.36. The Morgan fingerprint density at radius 3 is 2.20 bits per heavy atom. The van der Waals surface area contributed by atoms with Crippen LogP contribution in [-0.4, -0.2) is 14.1 Å². The smallest absolute Gasteiger partial charge is 0.193 e. The molecule has 0 saturated heterocycles. The van der Waals surface area contributed by atoms with Gasteiger partial charge in [0.25, 0.3) is 0 Å². The van der Waals surface area contributed by atoms with E-state index in [4.69, 9.17) is 4.66 Å². The second kappa shape index (κ2) is 6.38. The zero-order valence-corrected chi connectivity index (χ0v) is 14.7. The van der Waals surface area contributed by atoms with E-state index in [1.54, 1.807) is 0 Å². The van der Waals surface area contributed by atoms with E-state index in [2.05, 4.69) is 77.5 Å². The summed E-state index contributed by atoms with van der Waals surface area (Å²) in [5.41, 5.74) is 3.47. The van der Waals surface area contributed by atoms with Crippen LogP contribution in [0, 0.1) is 0 Å². The van der Waals surface area contributed by atoms with Crippen molar-refractivity contribution in [1.82, 2.24) is 0 Å². The lowest BCUT2D eigenvalue weighted by Crippen LogP contribution is -2.34. The molecule has 2 heteroatoms. The van der Waals surface area contributed by atoms with Crippen molar-refractivity contribution in [1.29, 1.82) is 0 Å². The normalized spacial score (nSPS) is 11.7. The van der Waals surface area contributed by atoms with Gasteiger partial charge in [-0.15, -0.1) is 0 Å². The molecule has 0 saturated carbocycles. The largest absolute Gasteiger partial charge is 0.283 e. The molecule has 0 unspecified atom stereocenters. The Bertz CT molecular complexity index is 526. The van der Waals surface area contributed by atoms with Crippen LogP contribution >= 0.6 is 0 Å². The third-order valence-electron chi connectivity index (χ3n) is 3.91. The first-order chi connectivity index (χ1) is 9.13. The van der Waals surface area contributed by atoms with Crippen LogP contribution in [0.2, 0.25) is 18.1 Å². The summed E-state index contributed by atoms with van der Waals surface area (Å²) in [7, 11) is -1.69. The fourth-order valence-electron chi connectivity index (χ4n) is 1.52. The summed E-state index contributed by atoms with van der Waals surface area (Å²) < 4.78 is 4.87. The summed E-state index contributed by atoms with van der Waals surface area (Å²) in [6.45, 7) is 17.5. The van der Waals surface area contributed by atoms with Gasteiger partial charge >= 0.3 is 0 Å². The minimum Gasteiger partial charge on any atom is -0.283 e. The summed E-state index contributed by atoms with van der Waals surface area (Å²) in [5, 5.41) is 0.241. The molecule has 0 fully saturated rings. The van der Waals surface area contributed by atoms with Crippen molar-refractivity contribution in [2.75, 3.05) is 0 Å². The molecular formula is C18H27NSi. The molecule has 1 nitrogen and oxygen atoms in total. The lowest BCUT2D eigenvalue weighted by atomic mass is 10.0. The molecule has 108 valence electrons. The molecule has 0 aromatic heterocycles. The van der Waals surface area contributed by atoms with Gasteiger partial charge in [-0.2, -0.15) is 0 Å². The van der Waals surface area contributed by atoms with Crippen LogP contribution in [0.4, 0.5) is 0 Å². The van der Waals surface area contributed by atoms with Crippen molar-refractivity contribution in [3.63, 3.8) is 0 Å². The van der Waals surface area contributed by atoms with E-state index in [1.807, 2.05) is 6.07 Å². The van der Waals surface area contributed by atoms with Crippen molar-refractivity contribution >= 4 is 19.7 Å². The molecule has 0 aliphatic heterocycles. The van der Waals surface area contributed by atoms with Crippen LogP contribution in [0.3, 0.4) is 0 Å². The van der Waals surface area contributed by atoms with Crippen molar-refractivity contribution in [3.05, 3.63) is 48.0 Å². The van der Waals surface area contributed by atoms with Crippen LogP contribution in [0.15, 0.2) is 47.1 Å². The van der Waals surface area contributed by atoms with Gasteiger partial charge in [0.2, 0.25) is 0 Å². The Balaban J connectivity index is 3.25. The van der Waals surface area contributed by atoms with E-state index < -0.39 is 8.24 Å². The summed E-state index contributed by atoms with van der Waals surface area (Å²) in [6.07, 6.45) is 0.835. The second-order valence-electron chi connectivity index (χ2n) is 7.01. The minimum atomic E-state index is -1.69. The molecule has 0 radical (unpaired) electrons. The quantitative estimate of drug-likeness (QED) is 0.381. The molecule has 0 spiro atoms. The third kappa shape index (κ3) is 4.63. The van der Waals surface area contributed by atoms with Crippen LogP contribution in [0.1, 0.15) is 39.7 Å². The first kappa shape index (κ1) is 16.7. The molecule has 0 aliphatic rings. The highest BCUT2D eigenvalue weighted by atomic mass is 28.3. The van der Waals surface area contributed by atoms with Crippen LogP contribution in [0.5, 0.6) is 0 Å². The molecule has 0 N–H and O–H groups in total. The topological polar surface area (TPSA) is 12.4 Å². The van der Waals surface area contributed by atoms with Gasteiger partial charge in [0.15, 0.2) is 8.24 Å². The zero-order valence-electron chi connectivity index (χ0n) is 13.7. The zero-order chi connectivity index (χ0) is 15.4. The number of nitrogens with zero attached hydrogens (tertiary/aromatic N) is 1. The van der Waals surface area contributed by atoms with Crippen molar-refractivity contribution in [2.45, 2.75) is 52.2 Å². The van der Waals surface area contributed by atoms with Crippen molar-refractivity contribution in [2.24, 2.45) is 4.66 Å². The number of allylic oxidation sites excluding steroid dienone is 2. The molecule has 0 atom stereocenters. The molecule has 0 aliphatic carbocycles. The van der Waals surface area contributed by atoms with E-state index in [-0.39, 0.29) is 5.04 Å². The fourth-order valence-corrected chi connectivity index (χ4v) is 2.27. The number of rotatable bonds is 4. The molecule has 1 aromatic rings. The lowest BCUT2D eigenvalue weighted by molar-refractivity contribution is 0.719. The van der Waals surface area contributed by atoms with Crippen molar-refractivity contribution < 1.29 is 0 Å². The Kier molecular flexibility index (Phi) is 5.32. The third-order valence-corrected chi connectivity index (χ3v) is 8.25. The predicted octanol–water partition coefficient (Wildman–Crippen LogP) is 5.71. The first-order valence-corrected chi connectivity index (χ1v) is 10.1. The average Bonchev–Trinajstić information content (AvgIpc) is 2.33. The van der Waals surface area contributed by atoms with E-state index in [0.717, 1.165) is 17.6 Å². The first-order valence-electron chi connectivity index (χ1n) is 7.17. The van der Waals surface area contributed by atoms with Crippen LogP contribution in [0.25, 0.3) is 5.57 Å². The molecule has 0 bridgehead atoms. The van der Waals surface area contributed by atoms with Gasteiger partial charge in [-0.3, -0.25) is 4.66 Å². The number of hydrogen-bond donors (Lipinski definition) is 0. The summed E-state index contributed by atoms with van der Waals surface area (Å²) in [4.78, 5) is 0. The fraction of sp³-hybridized carbons (Fsp3) is 0.444. The number of benzene rings is 1.